The van der Waals surface area contributed by atoms with Crippen LogP contribution in [0.2, 0.25) is 0 Å². The molecule has 9 atom stereocenters. The zero-order valence-electron chi connectivity index (χ0n) is 23.7. The highest BCUT2D eigenvalue weighted by Gasteiger charge is 2.59. The summed E-state index contributed by atoms with van der Waals surface area (Å²) >= 11 is 0. The Kier molecular flexibility index (Phi) is 7.55. The summed E-state index contributed by atoms with van der Waals surface area (Å²) in [5, 5.41) is 10.1. The maximum absolute atomic E-state index is 12.4. The molecule has 5 aliphatic rings. The molecule has 1 saturated heterocycles. The van der Waals surface area contributed by atoms with Gasteiger partial charge < -0.3 is 14.6 Å². The van der Waals surface area contributed by atoms with E-state index in [1.165, 1.54) is 57.8 Å². The lowest BCUT2D eigenvalue weighted by Crippen LogP contribution is -2.51. The van der Waals surface area contributed by atoms with E-state index in [-0.39, 0.29) is 12.1 Å². The highest BCUT2D eigenvalue weighted by molar-refractivity contribution is 5.86. The summed E-state index contributed by atoms with van der Waals surface area (Å²) in [5.41, 5.74) is 1.24. The third-order valence-electron chi connectivity index (χ3n) is 11.8. The molecule has 0 aromatic rings. The number of hydrogen-bond donors (Lipinski definition) is 1. The Balaban J connectivity index is 1.24. The third kappa shape index (κ3) is 4.89. The van der Waals surface area contributed by atoms with Gasteiger partial charge >= 0.3 is 0 Å². The standard InChI is InChI=1S/C32H52O4/c1-21(9-14-28(33)30(2,3)34)25-12-13-26-24-11-10-22-20-23(36-29-8-6-7-19-35-29)15-17-31(22,4)27(24)16-18-32(25,26)5/h10,21,23-27,29,34H,6-9,11-20H2,1-5H3/t21-,23?,24+,25-,26+,27+,29?,31+,32-/m1/s1. The second kappa shape index (κ2) is 10.1. The quantitative estimate of drug-likeness (QED) is 0.375. The van der Waals surface area contributed by atoms with Crippen molar-refractivity contribution in [1.82, 2.24) is 0 Å². The Morgan fingerprint density at radius 2 is 1.94 bits per heavy atom. The Morgan fingerprint density at radius 3 is 2.67 bits per heavy atom. The molecule has 4 heteroatoms. The molecular weight excluding hydrogens is 448 g/mol. The fourth-order valence-electron chi connectivity index (χ4n) is 9.62. The highest BCUT2D eigenvalue weighted by atomic mass is 16.7. The van der Waals surface area contributed by atoms with Crippen LogP contribution in [0.5, 0.6) is 0 Å². The van der Waals surface area contributed by atoms with Crippen molar-refractivity contribution >= 4 is 5.78 Å². The van der Waals surface area contributed by atoms with E-state index in [2.05, 4.69) is 26.8 Å². The average molecular weight is 501 g/mol. The molecule has 2 unspecified atom stereocenters. The second-order valence-corrected chi connectivity index (χ2v) is 14.3. The Labute approximate surface area is 220 Å². The van der Waals surface area contributed by atoms with Crippen LogP contribution in [0.4, 0.5) is 0 Å². The van der Waals surface area contributed by atoms with Gasteiger partial charge in [0.1, 0.15) is 5.60 Å². The summed E-state index contributed by atoms with van der Waals surface area (Å²) in [6.45, 7) is 11.7. The molecular formula is C32H52O4. The van der Waals surface area contributed by atoms with Crippen molar-refractivity contribution < 1.29 is 19.4 Å². The fraction of sp³-hybridized carbons (Fsp3) is 0.906. The molecule has 0 amide bonds. The van der Waals surface area contributed by atoms with Crippen LogP contribution in [0, 0.1) is 40.4 Å². The van der Waals surface area contributed by atoms with E-state index < -0.39 is 5.60 Å². The maximum Gasteiger partial charge on any atom is 0.163 e. The second-order valence-electron chi connectivity index (χ2n) is 14.3. The van der Waals surface area contributed by atoms with Gasteiger partial charge in [-0.25, -0.2) is 0 Å². The van der Waals surface area contributed by atoms with Crippen LogP contribution in [0.3, 0.4) is 0 Å². The van der Waals surface area contributed by atoms with Crippen molar-refractivity contribution in [3.8, 4) is 0 Å². The summed E-state index contributed by atoms with van der Waals surface area (Å²) in [6.07, 6.45) is 18.1. The molecule has 0 aromatic carbocycles. The van der Waals surface area contributed by atoms with Crippen LogP contribution in [0.1, 0.15) is 118 Å². The molecule has 1 heterocycles. The molecule has 0 aromatic heterocycles. The molecule has 36 heavy (non-hydrogen) atoms. The van der Waals surface area contributed by atoms with E-state index in [0.29, 0.717) is 35.2 Å². The predicted molar refractivity (Wildman–Crippen MR) is 143 cm³/mol. The van der Waals surface area contributed by atoms with E-state index in [0.717, 1.165) is 43.6 Å². The van der Waals surface area contributed by atoms with Gasteiger partial charge in [-0.3, -0.25) is 4.79 Å². The molecule has 5 rings (SSSR count). The number of aliphatic hydroxyl groups is 1. The van der Waals surface area contributed by atoms with Crippen LogP contribution in [-0.4, -0.2) is 35.5 Å². The van der Waals surface area contributed by atoms with Crippen LogP contribution in [0.25, 0.3) is 0 Å². The number of ketones is 1. The molecule has 3 saturated carbocycles. The van der Waals surface area contributed by atoms with Gasteiger partial charge in [-0.2, -0.15) is 0 Å². The number of rotatable bonds is 7. The minimum absolute atomic E-state index is 0.00902. The summed E-state index contributed by atoms with van der Waals surface area (Å²) < 4.78 is 12.3. The lowest BCUT2D eigenvalue weighted by molar-refractivity contribution is -0.195. The van der Waals surface area contributed by atoms with Gasteiger partial charge in [0.25, 0.3) is 0 Å². The molecule has 0 bridgehead atoms. The Morgan fingerprint density at radius 1 is 1.14 bits per heavy atom. The van der Waals surface area contributed by atoms with Crippen LogP contribution in [-0.2, 0) is 14.3 Å². The van der Waals surface area contributed by atoms with E-state index in [1.54, 1.807) is 19.4 Å². The van der Waals surface area contributed by atoms with Crippen molar-refractivity contribution in [2.45, 2.75) is 136 Å². The molecule has 4 nitrogen and oxygen atoms in total. The fourth-order valence-corrected chi connectivity index (χ4v) is 9.62. The number of allylic oxidation sites excluding steroid dienone is 1. The summed E-state index contributed by atoms with van der Waals surface area (Å²) in [5.74, 6) is 3.68. The van der Waals surface area contributed by atoms with Gasteiger partial charge in [0, 0.05) is 13.0 Å². The lowest BCUT2D eigenvalue weighted by atomic mass is 9.47. The number of carbonyl (C=O) groups is 1. The number of hydrogen-bond acceptors (Lipinski definition) is 4. The Bertz CT molecular complexity index is 836. The highest BCUT2D eigenvalue weighted by Crippen LogP contribution is 2.67. The van der Waals surface area contributed by atoms with Crippen LogP contribution >= 0.6 is 0 Å². The number of Topliss-reactive ketones (excluding diaryl/α,β-unsaturated/α-hetero) is 1. The summed E-state index contributed by atoms with van der Waals surface area (Å²) in [7, 11) is 0. The lowest BCUT2D eigenvalue weighted by Gasteiger charge is -2.58. The summed E-state index contributed by atoms with van der Waals surface area (Å²) in [6, 6.07) is 0. The van der Waals surface area contributed by atoms with Gasteiger partial charge in [-0.1, -0.05) is 32.4 Å². The van der Waals surface area contributed by atoms with E-state index >= 15 is 0 Å². The topological polar surface area (TPSA) is 55.8 Å². The van der Waals surface area contributed by atoms with Crippen molar-refractivity contribution in [1.29, 1.82) is 0 Å². The van der Waals surface area contributed by atoms with Gasteiger partial charge in [0.05, 0.1) is 6.10 Å². The first-order valence-corrected chi connectivity index (χ1v) is 15.2. The SMILES string of the molecule is C[C@H](CCC(=O)C(C)(C)O)[C@H]1CC[C@H]2[C@@H]3CC=C4CC(OC5CCCCO5)CC[C@]4(C)[C@H]3CC[C@]12C. The van der Waals surface area contributed by atoms with Gasteiger partial charge in [-0.15, -0.1) is 0 Å². The van der Waals surface area contributed by atoms with E-state index in [4.69, 9.17) is 9.47 Å². The monoisotopic (exact) mass is 500 g/mol. The van der Waals surface area contributed by atoms with E-state index in [9.17, 15) is 9.90 Å². The minimum Gasteiger partial charge on any atom is -0.383 e. The summed E-state index contributed by atoms with van der Waals surface area (Å²) in [4.78, 5) is 12.4. The first-order valence-electron chi connectivity index (χ1n) is 15.2. The first kappa shape index (κ1) is 26.9. The normalized spacial score (nSPS) is 43.7. The van der Waals surface area contributed by atoms with Crippen LogP contribution in [0.15, 0.2) is 11.6 Å². The molecule has 4 aliphatic carbocycles. The van der Waals surface area contributed by atoms with Crippen LogP contribution < -0.4 is 0 Å². The van der Waals surface area contributed by atoms with E-state index in [1.807, 2.05) is 0 Å². The van der Waals surface area contributed by atoms with Gasteiger partial charge in [0.2, 0.25) is 0 Å². The van der Waals surface area contributed by atoms with Crippen molar-refractivity contribution in [2.24, 2.45) is 40.4 Å². The molecule has 204 valence electrons. The predicted octanol–water partition coefficient (Wildman–Crippen LogP) is 7.23. The first-order chi connectivity index (χ1) is 17.0. The molecule has 0 radical (unpaired) electrons. The van der Waals surface area contributed by atoms with Gasteiger partial charge in [0.15, 0.2) is 12.1 Å². The van der Waals surface area contributed by atoms with Crippen molar-refractivity contribution in [2.75, 3.05) is 6.61 Å². The largest absolute Gasteiger partial charge is 0.383 e. The zero-order chi connectivity index (χ0) is 25.7. The van der Waals surface area contributed by atoms with Crippen molar-refractivity contribution in [3.63, 3.8) is 0 Å². The average Bonchev–Trinajstić information content (AvgIpc) is 3.20. The number of carbonyl (C=O) groups excluding carboxylic acids is 1. The smallest absolute Gasteiger partial charge is 0.163 e. The zero-order valence-corrected chi connectivity index (χ0v) is 23.7. The maximum atomic E-state index is 12.4. The number of fused-ring (bicyclic) bond motifs is 5. The molecule has 0 spiro atoms. The number of ether oxygens (including phenoxy) is 2. The Hall–Kier alpha value is -0.710. The minimum atomic E-state index is -1.20. The molecule has 1 N–H and O–H groups in total. The van der Waals surface area contributed by atoms with Gasteiger partial charge in [-0.05, 0) is 131 Å². The van der Waals surface area contributed by atoms with Crippen molar-refractivity contribution in [3.05, 3.63) is 11.6 Å². The third-order valence-corrected chi connectivity index (χ3v) is 11.8. The molecule has 1 aliphatic heterocycles. The molecule has 4 fully saturated rings.